The predicted molar refractivity (Wildman–Crippen MR) is 74.8 cm³/mol. The zero-order chi connectivity index (χ0) is 14.5. The van der Waals surface area contributed by atoms with E-state index in [0.29, 0.717) is 18.7 Å². The average Bonchev–Trinajstić information content (AvgIpc) is 2.38. The van der Waals surface area contributed by atoms with Crippen LogP contribution in [0.1, 0.15) is 24.2 Å². The number of likely N-dealkylation sites (N-methyl/N-ethyl adjacent to an activating group) is 1. The van der Waals surface area contributed by atoms with Crippen molar-refractivity contribution in [3.05, 3.63) is 29.8 Å². The van der Waals surface area contributed by atoms with Gasteiger partial charge in [-0.3, -0.25) is 4.79 Å². The zero-order valence-electron chi connectivity index (χ0n) is 11.5. The molecule has 0 saturated heterocycles. The lowest BCUT2D eigenvalue weighted by atomic mass is 10.2. The summed E-state index contributed by atoms with van der Waals surface area (Å²) in [4.78, 5) is 13.3. The van der Waals surface area contributed by atoms with Crippen molar-refractivity contribution in [2.45, 2.75) is 18.7 Å². The Balaban J connectivity index is 2.69. The van der Waals surface area contributed by atoms with Crippen LogP contribution in [0.2, 0.25) is 0 Å². The highest BCUT2D eigenvalue weighted by atomic mass is 32.2. The summed E-state index contributed by atoms with van der Waals surface area (Å²) in [7, 11) is -1.57. The Morgan fingerprint density at radius 2 is 1.84 bits per heavy atom. The van der Waals surface area contributed by atoms with Gasteiger partial charge in [0.2, 0.25) is 10.0 Å². The van der Waals surface area contributed by atoms with E-state index in [1.54, 1.807) is 0 Å². The Hall–Kier alpha value is -1.24. The van der Waals surface area contributed by atoms with Crippen LogP contribution in [0.3, 0.4) is 0 Å². The van der Waals surface area contributed by atoms with Crippen molar-refractivity contribution in [1.29, 1.82) is 0 Å². The molecule has 0 aliphatic rings. The first-order valence-corrected chi connectivity index (χ1v) is 7.64. The van der Waals surface area contributed by atoms with Gasteiger partial charge in [-0.25, -0.2) is 13.1 Å². The van der Waals surface area contributed by atoms with E-state index in [2.05, 4.69) is 4.72 Å². The van der Waals surface area contributed by atoms with Crippen molar-refractivity contribution in [1.82, 2.24) is 9.62 Å². The summed E-state index contributed by atoms with van der Waals surface area (Å²) in [5, 5.41) is 0. The number of ketones is 1. The summed E-state index contributed by atoms with van der Waals surface area (Å²) >= 11 is 0. The van der Waals surface area contributed by atoms with Crippen LogP contribution in [-0.4, -0.2) is 45.8 Å². The van der Waals surface area contributed by atoms with Crippen LogP contribution in [0, 0.1) is 0 Å². The van der Waals surface area contributed by atoms with Gasteiger partial charge < -0.3 is 4.90 Å². The number of nitrogens with one attached hydrogen (secondary N) is 1. The minimum atomic E-state index is -3.49. The minimum absolute atomic E-state index is 0.0820. The Morgan fingerprint density at radius 1 is 1.26 bits per heavy atom. The first-order chi connectivity index (χ1) is 8.86. The fraction of sp³-hybridized carbons (Fsp3) is 0.462. The highest BCUT2D eigenvalue weighted by Gasteiger charge is 2.13. The van der Waals surface area contributed by atoms with Gasteiger partial charge in [-0.05, 0) is 32.6 Å². The second kappa shape index (κ2) is 6.79. The van der Waals surface area contributed by atoms with Crippen molar-refractivity contribution >= 4 is 15.8 Å². The number of benzene rings is 1. The Kier molecular flexibility index (Phi) is 5.65. The molecule has 0 fully saturated rings. The molecule has 0 aromatic heterocycles. The molecular formula is C13H20N2O3S. The van der Waals surface area contributed by atoms with E-state index in [1.165, 1.54) is 31.2 Å². The van der Waals surface area contributed by atoms with Gasteiger partial charge in [0.05, 0.1) is 4.90 Å². The molecule has 0 spiro atoms. The zero-order valence-corrected chi connectivity index (χ0v) is 12.3. The lowest BCUT2D eigenvalue weighted by molar-refractivity contribution is 0.101. The molecule has 1 aromatic carbocycles. The molecule has 0 heterocycles. The van der Waals surface area contributed by atoms with Gasteiger partial charge in [0.1, 0.15) is 0 Å². The first-order valence-electron chi connectivity index (χ1n) is 6.16. The van der Waals surface area contributed by atoms with Gasteiger partial charge in [0, 0.05) is 18.7 Å². The van der Waals surface area contributed by atoms with Crippen molar-refractivity contribution in [2.24, 2.45) is 0 Å². The summed E-state index contributed by atoms with van der Waals surface area (Å²) in [6.45, 7) is 5.34. The van der Waals surface area contributed by atoms with E-state index < -0.39 is 10.0 Å². The highest BCUT2D eigenvalue weighted by Crippen LogP contribution is 2.10. The van der Waals surface area contributed by atoms with Crippen molar-refractivity contribution in [3.8, 4) is 0 Å². The summed E-state index contributed by atoms with van der Waals surface area (Å²) in [6, 6.07) is 5.94. The molecule has 0 bridgehead atoms. The first kappa shape index (κ1) is 15.8. The molecule has 0 amide bonds. The molecule has 0 atom stereocenters. The summed E-state index contributed by atoms with van der Waals surface area (Å²) in [5.41, 5.74) is 0.504. The van der Waals surface area contributed by atoms with Crippen molar-refractivity contribution in [3.63, 3.8) is 0 Å². The summed E-state index contributed by atoms with van der Waals surface area (Å²) in [5.74, 6) is -0.0820. The van der Waals surface area contributed by atoms with E-state index in [-0.39, 0.29) is 10.7 Å². The fourth-order valence-electron chi connectivity index (χ4n) is 1.48. The monoisotopic (exact) mass is 284 g/mol. The van der Waals surface area contributed by atoms with E-state index in [0.717, 1.165) is 6.54 Å². The maximum Gasteiger partial charge on any atom is 0.240 e. The molecule has 1 rings (SSSR count). The highest BCUT2D eigenvalue weighted by molar-refractivity contribution is 7.89. The van der Waals surface area contributed by atoms with Crippen LogP contribution < -0.4 is 4.72 Å². The Morgan fingerprint density at radius 3 is 2.32 bits per heavy atom. The quantitative estimate of drug-likeness (QED) is 0.762. The predicted octanol–water partition coefficient (Wildman–Crippen LogP) is 1.12. The van der Waals surface area contributed by atoms with E-state index in [9.17, 15) is 13.2 Å². The maximum absolute atomic E-state index is 12.0. The van der Waals surface area contributed by atoms with Gasteiger partial charge in [-0.15, -0.1) is 0 Å². The largest absolute Gasteiger partial charge is 0.305 e. The Bertz CT molecular complexity index is 523. The van der Waals surface area contributed by atoms with E-state index in [4.69, 9.17) is 0 Å². The third kappa shape index (κ3) is 4.74. The van der Waals surface area contributed by atoms with Crippen LogP contribution in [-0.2, 0) is 10.0 Å². The third-order valence-corrected chi connectivity index (χ3v) is 4.37. The number of Topliss-reactive ketones (excluding diaryl/α,β-unsaturated/α-hetero) is 1. The van der Waals surface area contributed by atoms with Gasteiger partial charge in [-0.2, -0.15) is 0 Å². The van der Waals surface area contributed by atoms with Crippen molar-refractivity contribution in [2.75, 3.05) is 26.7 Å². The molecule has 0 aliphatic carbocycles. The van der Waals surface area contributed by atoms with Crippen molar-refractivity contribution < 1.29 is 13.2 Å². The topological polar surface area (TPSA) is 66.5 Å². The van der Waals surface area contributed by atoms with Crippen LogP contribution in [0.5, 0.6) is 0 Å². The van der Waals surface area contributed by atoms with Crippen LogP contribution in [0.4, 0.5) is 0 Å². The molecule has 0 saturated carbocycles. The maximum atomic E-state index is 12.0. The summed E-state index contributed by atoms with van der Waals surface area (Å²) in [6.07, 6.45) is 0. The standard InChI is InChI=1S/C13H20N2O3S/c1-4-15(3)10-9-14-19(17,18)13-7-5-12(6-8-13)11(2)16/h5-8,14H,4,9-10H2,1-3H3. The number of sulfonamides is 1. The van der Waals surface area contributed by atoms with Gasteiger partial charge in [-0.1, -0.05) is 19.1 Å². The third-order valence-electron chi connectivity index (χ3n) is 2.90. The van der Waals surface area contributed by atoms with Gasteiger partial charge in [0.25, 0.3) is 0 Å². The number of hydrogen-bond donors (Lipinski definition) is 1. The molecule has 0 radical (unpaired) electrons. The second-order valence-corrected chi connectivity index (χ2v) is 6.14. The number of carbonyl (C=O) groups excluding carboxylic acids is 1. The lowest BCUT2D eigenvalue weighted by Crippen LogP contribution is -2.32. The van der Waals surface area contributed by atoms with E-state index in [1.807, 2.05) is 18.9 Å². The molecule has 1 aromatic rings. The number of hydrogen-bond acceptors (Lipinski definition) is 4. The summed E-state index contributed by atoms with van der Waals surface area (Å²) < 4.78 is 26.5. The molecule has 0 unspecified atom stereocenters. The van der Waals surface area contributed by atoms with Gasteiger partial charge >= 0.3 is 0 Å². The molecule has 6 heteroatoms. The van der Waals surface area contributed by atoms with Crippen LogP contribution in [0.25, 0.3) is 0 Å². The molecular weight excluding hydrogens is 264 g/mol. The second-order valence-electron chi connectivity index (χ2n) is 4.37. The minimum Gasteiger partial charge on any atom is -0.305 e. The molecule has 0 aliphatic heterocycles. The lowest BCUT2D eigenvalue weighted by Gasteiger charge is -2.14. The van der Waals surface area contributed by atoms with Crippen LogP contribution >= 0.6 is 0 Å². The normalized spacial score (nSPS) is 11.8. The number of carbonyl (C=O) groups is 1. The van der Waals surface area contributed by atoms with Gasteiger partial charge in [0.15, 0.2) is 5.78 Å². The van der Waals surface area contributed by atoms with E-state index >= 15 is 0 Å². The molecule has 5 nitrogen and oxygen atoms in total. The smallest absolute Gasteiger partial charge is 0.240 e. The SMILES string of the molecule is CCN(C)CCNS(=O)(=O)c1ccc(C(C)=O)cc1. The Labute approximate surface area is 114 Å². The number of nitrogens with zero attached hydrogens (tertiary/aromatic N) is 1. The van der Waals surface area contributed by atoms with Crippen LogP contribution in [0.15, 0.2) is 29.2 Å². The molecule has 1 N–H and O–H groups in total. The fourth-order valence-corrected chi connectivity index (χ4v) is 2.50. The molecule has 106 valence electrons. The average molecular weight is 284 g/mol. The number of rotatable bonds is 7. The molecule has 19 heavy (non-hydrogen) atoms.